The lowest BCUT2D eigenvalue weighted by Gasteiger charge is -2.38. The molecular formula is C6H13NO5. The van der Waals surface area contributed by atoms with Crippen LogP contribution in [-0.4, -0.2) is 57.7 Å². The van der Waals surface area contributed by atoms with Crippen molar-refractivity contribution in [2.75, 3.05) is 6.61 Å². The summed E-state index contributed by atoms with van der Waals surface area (Å²) in [4.78, 5) is 0. The average Bonchev–Trinajstić information content (AvgIpc) is 2.08. The summed E-state index contributed by atoms with van der Waals surface area (Å²) >= 11 is 0. The molecule has 1 aliphatic rings. The van der Waals surface area contributed by atoms with E-state index in [1.807, 2.05) is 0 Å². The highest BCUT2D eigenvalue weighted by molar-refractivity contribution is 4.90. The van der Waals surface area contributed by atoms with Crippen LogP contribution in [0.3, 0.4) is 0 Å². The van der Waals surface area contributed by atoms with Crippen molar-refractivity contribution in [1.29, 1.82) is 0 Å². The van der Waals surface area contributed by atoms with E-state index >= 15 is 0 Å². The lowest BCUT2D eigenvalue weighted by molar-refractivity contribution is -0.248. The van der Waals surface area contributed by atoms with Crippen molar-refractivity contribution in [2.45, 2.75) is 30.6 Å². The van der Waals surface area contributed by atoms with Crippen LogP contribution in [0.2, 0.25) is 0 Å². The summed E-state index contributed by atoms with van der Waals surface area (Å²) in [6, 6.07) is -1.04. The third kappa shape index (κ3) is 1.58. The zero-order valence-corrected chi connectivity index (χ0v) is 6.37. The molecule has 12 heavy (non-hydrogen) atoms. The van der Waals surface area contributed by atoms with Gasteiger partial charge in [0, 0.05) is 0 Å². The summed E-state index contributed by atoms with van der Waals surface area (Å²) in [5, 5.41) is 36.1. The van der Waals surface area contributed by atoms with Crippen LogP contribution in [-0.2, 0) is 4.74 Å². The molecule has 1 saturated heterocycles. The van der Waals surface area contributed by atoms with Crippen molar-refractivity contribution < 1.29 is 25.2 Å². The van der Waals surface area contributed by atoms with Gasteiger partial charge < -0.3 is 30.9 Å². The van der Waals surface area contributed by atoms with Gasteiger partial charge in [0.1, 0.15) is 18.3 Å². The van der Waals surface area contributed by atoms with Crippen LogP contribution in [0.1, 0.15) is 0 Å². The molecule has 1 heterocycles. The van der Waals surface area contributed by atoms with E-state index in [4.69, 9.17) is 20.7 Å². The molecule has 1 rings (SSSR count). The molecule has 0 amide bonds. The first-order valence-corrected chi connectivity index (χ1v) is 3.64. The first kappa shape index (κ1) is 9.85. The minimum Gasteiger partial charge on any atom is -0.394 e. The van der Waals surface area contributed by atoms with Crippen molar-refractivity contribution in [3.05, 3.63) is 0 Å². The zero-order chi connectivity index (χ0) is 9.30. The van der Waals surface area contributed by atoms with E-state index in [9.17, 15) is 10.2 Å². The van der Waals surface area contributed by atoms with Crippen LogP contribution in [0.15, 0.2) is 0 Å². The van der Waals surface area contributed by atoms with E-state index in [0.29, 0.717) is 0 Å². The molecule has 0 aliphatic carbocycles. The zero-order valence-electron chi connectivity index (χ0n) is 6.37. The summed E-state index contributed by atoms with van der Waals surface area (Å²) in [7, 11) is 0. The van der Waals surface area contributed by atoms with E-state index in [2.05, 4.69) is 0 Å². The molecule has 72 valence electrons. The third-order valence-corrected chi connectivity index (χ3v) is 1.95. The predicted octanol–water partition coefficient (Wildman–Crippen LogP) is -3.25. The fraction of sp³-hybridized carbons (Fsp3) is 1.00. The van der Waals surface area contributed by atoms with Gasteiger partial charge in [-0.1, -0.05) is 0 Å². The molecule has 5 atom stereocenters. The number of hydrogen-bond donors (Lipinski definition) is 5. The van der Waals surface area contributed by atoms with Crippen LogP contribution in [0.25, 0.3) is 0 Å². The Morgan fingerprint density at radius 3 is 2.25 bits per heavy atom. The molecule has 0 spiro atoms. The second-order valence-corrected chi connectivity index (χ2v) is 2.81. The van der Waals surface area contributed by atoms with Gasteiger partial charge in [0.05, 0.1) is 12.6 Å². The van der Waals surface area contributed by atoms with Gasteiger partial charge in [0.2, 0.25) is 0 Å². The van der Waals surface area contributed by atoms with Gasteiger partial charge in [-0.05, 0) is 0 Å². The normalized spacial score (nSPS) is 49.2. The largest absolute Gasteiger partial charge is 0.394 e. The lowest BCUT2D eigenvalue weighted by atomic mass is 9.98. The standard InChI is InChI=1S/C6H13NO5/c7-3-5(10)4(9)2(1-8)12-6(3)11/h2-6,8-11H,1,7H2/t2?,3-,4-,5-,6?/m1/s1. The molecule has 1 aliphatic heterocycles. The van der Waals surface area contributed by atoms with Crippen molar-refractivity contribution in [3.8, 4) is 0 Å². The highest BCUT2D eigenvalue weighted by atomic mass is 16.6. The smallest absolute Gasteiger partial charge is 0.173 e. The molecule has 0 bridgehead atoms. The van der Waals surface area contributed by atoms with Gasteiger partial charge in [-0.2, -0.15) is 0 Å². The molecule has 0 aromatic carbocycles. The monoisotopic (exact) mass is 179 g/mol. The van der Waals surface area contributed by atoms with Crippen LogP contribution < -0.4 is 5.73 Å². The minimum atomic E-state index is -1.35. The van der Waals surface area contributed by atoms with Crippen molar-refractivity contribution >= 4 is 0 Å². The maximum absolute atomic E-state index is 9.20. The Labute approximate surface area is 69.2 Å². The van der Waals surface area contributed by atoms with Gasteiger partial charge >= 0.3 is 0 Å². The highest BCUT2D eigenvalue weighted by Crippen LogP contribution is 2.17. The van der Waals surface area contributed by atoms with Gasteiger partial charge in [-0.3, -0.25) is 0 Å². The number of nitrogens with two attached hydrogens (primary N) is 1. The SMILES string of the molecule is N[C@H]1C(O)OC(CO)[C@@H](O)[C@@H]1O. The summed E-state index contributed by atoms with van der Waals surface area (Å²) in [5.74, 6) is 0. The van der Waals surface area contributed by atoms with E-state index in [1.165, 1.54) is 0 Å². The predicted molar refractivity (Wildman–Crippen MR) is 38.0 cm³/mol. The van der Waals surface area contributed by atoms with Gasteiger partial charge in [-0.15, -0.1) is 0 Å². The Hall–Kier alpha value is -0.240. The Bertz CT molecular complexity index is 150. The molecular weight excluding hydrogens is 166 g/mol. The van der Waals surface area contributed by atoms with Crippen LogP contribution in [0, 0.1) is 0 Å². The van der Waals surface area contributed by atoms with Crippen LogP contribution in [0.5, 0.6) is 0 Å². The quantitative estimate of drug-likeness (QED) is 0.288. The Balaban J connectivity index is 2.63. The fourth-order valence-electron chi connectivity index (χ4n) is 1.12. The molecule has 1 fully saturated rings. The van der Waals surface area contributed by atoms with E-state index < -0.39 is 37.3 Å². The maximum atomic E-state index is 9.20. The average molecular weight is 179 g/mol. The minimum absolute atomic E-state index is 0.470. The lowest BCUT2D eigenvalue weighted by Crippen LogP contribution is -2.61. The second kappa shape index (κ2) is 3.65. The highest BCUT2D eigenvalue weighted by Gasteiger charge is 2.41. The van der Waals surface area contributed by atoms with E-state index in [1.54, 1.807) is 0 Å². The molecule has 2 unspecified atom stereocenters. The molecule has 0 saturated carbocycles. The van der Waals surface area contributed by atoms with Gasteiger partial charge in [0.25, 0.3) is 0 Å². The third-order valence-electron chi connectivity index (χ3n) is 1.95. The van der Waals surface area contributed by atoms with Crippen molar-refractivity contribution in [3.63, 3.8) is 0 Å². The van der Waals surface area contributed by atoms with Gasteiger partial charge in [-0.25, -0.2) is 0 Å². The summed E-state index contributed by atoms with van der Waals surface area (Å²) in [6.07, 6.45) is -4.85. The molecule has 6 heteroatoms. The first-order valence-electron chi connectivity index (χ1n) is 3.64. The fourth-order valence-corrected chi connectivity index (χ4v) is 1.12. The summed E-state index contributed by atoms with van der Waals surface area (Å²) in [5.41, 5.74) is 5.26. The van der Waals surface area contributed by atoms with E-state index in [-0.39, 0.29) is 0 Å². The Morgan fingerprint density at radius 1 is 1.17 bits per heavy atom. The maximum Gasteiger partial charge on any atom is 0.173 e. The molecule has 6 N–H and O–H groups in total. The number of aliphatic hydroxyl groups excluding tert-OH is 4. The second-order valence-electron chi connectivity index (χ2n) is 2.81. The Morgan fingerprint density at radius 2 is 1.75 bits per heavy atom. The van der Waals surface area contributed by atoms with E-state index in [0.717, 1.165) is 0 Å². The van der Waals surface area contributed by atoms with Crippen molar-refractivity contribution in [2.24, 2.45) is 5.73 Å². The summed E-state index contributed by atoms with van der Waals surface area (Å²) in [6.45, 7) is -0.470. The van der Waals surface area contributed by atoms with Gasteiger partial charge in [0.15, 0.2) is 6.29 Å². The first-order chi connectivity index (χ1) is 5.57. The number of hydrogen-bond acceptors (Lipinski definition) is 6. The number of aliphatic hydroxyl groups is 4. The summed E-state index contributed by atoms with van der Waals surface area (Å²) < 4.78 is 4.70. The van der Waals surface area contributed by atoms with Crippen LogP contribution >= 0.6 is 0 Å². The Kier molecular flexibility index (Phi) is 2.99. The molecule has 0 aromatic rings. The van der Waals surface area contributed by atoms with Crippen molar-refractivity contribution in [1.82, 2.24) is 0 Å². The molecule has 6 nitrogen and oxygen atoms in total. The molecule has 0 radical (unpaired) electrons. The number of rotatable bonds is 1. The van der Waals surface area contributed by atoms with Crippen LogP contribution in [0.4, 0.5) is 0 Å². The molecule has 0 aromatic heterocycles. The number of ether oxygens (including phenoxy) is 1. The topological polar surface area (TPSA) is 116 Å².